The summed E-state index contributed by atoms with van der Waals surface area (Å²) in [6.45, 7) is 0.290. The summed E-state index contributed by atoms with van der Waals surface area (Å²) in [4.78, 5) is 27.2. The molecule has 2 amide bonds. The summed E-state index contributed by atoms with van der Waals surface area (Å²) in [5.41, 5.74) is 1.99. The molecule has 0 aliphatic carbocycles. The van der Waals surface area contributed by atoms with Crippen LogP contribution in [0.25, 0.3) is 6.08 Å². The predicted octanol–water partition coefficient (Wildman–Crippen LogP) is 7.20. The molecule has 0 aromatic heterocycles. The Labute approximate surface area is 231 Å². The van der Waals surface area contributed by atoms with Crippen molar-refractivity contribution in [1.82, 2.24) is 4.90 Å². The fraction of sp³-hybridized carbons (Fsp3) is 0.154. The quantitative estimate of drug-likeness (QED) is 0.275. The highest BCUT2D eigenvalue weighted by atomic mass is 35.5. The molecule has 1 saturated heterocycles. The maximum absolute atomic E-state index is 13.1. The molecule has 0 atom stereocenters. The monoisotopic (exact) mass is 577 g/mol. The van der Waals surface area contributed by atoms with Crippen LogP contribution in [0.1, 0.15) is 16.7 Å². The van der Waals surface area contributed by atoms with Gasteiger partial charge in [-0.3, -0.25) is 14.5 Å². The Hall–Kier alpha value is -3.04. The number of imide groups is 1. The number of fused-ring (bicyclic) bond motifs is 1. The molecule has 7 nitrogen and oxygen atoms in total. The summed E-state index contributed by atoms with van der Waals surface area (Å²) >= 11 is 19.4. The molecule has 11 heteroatoms. The summed E-state index contributed by atoms with van der Waals surface area (Å²) < 4.78 is 22.0. The molecule has 0 unspecified atom stereocenters. The van der Waals surface area contributed by atoms with Crippen LogP contribution < -0.4 is 18.9 Å². The Bertz CT molecular complexity index is 1440. The lowest BCUT2D eigenvalue weighted by Crippen LogP contribution is -2.27. The van der Waals surface area contributed by atoms with Crippen LogP contribution in [0.3, 0.4) is 0 Å². The number of hydrogen-bond acceptors (Lipinski definition) is 7. The van der Waals surface area contributed by atoms with Crippen molar-refractivity contribution in [2.24, 2.45) is 0 Å². The highest BCUT2D eigenvalue weighted by Gasteiger charge is 2.35. The molecule has 2 aliphatic rings. The Kier molecular flexibility index (Phi) is 7.44. The Balaban J connectivity index is 1.34. The van der Waals surface area contributed by atoms with Crippen molar-refractivity contribution in [2.75, 3.05) is 13.9 Å². The van der Waals surface area contributed by atoms with E-state index in [0.29, 0.717) is 49.2 Å². The number of benzene rings is 3. The third-order valence-electron chi connectivity index (χ3n) is 5.63. The van der Waals surface area contributed by atoms with Crippen LogP contribution in [0, 0.1) is 0 Å². The zero-order chi connectivity index (χ0) is 26.1. The lowest BCUT2D eigenvalue weighted by atomic mass is 10.1. The average Bonchev–Trinajstić information content (AvgIpc) is 3.42. The molecule has 0 N–H and O–H groups in total. The molecule has 3 aromatic rings. The third-order valence-corrected chi connectivity index (χ3v) is 7.47. The van der Waals surface area contributed by atoms with Gasteiger partial charge >= 0.3 is 0 Å². The molecule has 2 heterocycles. The second-order valence-corrected chi connectivity index (χ2v) is 10.2. The van der Waals surface area contributed by atoms with Gasteiger partial charge in [0.25, 0.3) is 11.1 Å². The van der Waals surface area contributed by atoms with Gasteiger partial charge in [-0.25, -0.2) is 0 Å². The van der Waals surface area contributed by atoms with Gasteiger partial charge in [0.1, 0.15) is 6.61 Å². The van der Waals surface area contributed by atoms with Crippen LogP contribution in [0.4, 0.5) is 4.79 Å². The van der Waals surface area contributed by atoms with Crippen molar-refractivity contribution in [2.45, 2.75) is 13.2 Å². The molecule has 0 saturated carbocycles. The minimum Gasteiger partial charge on any atom is -0.493 e. The smallest absolute Gasteiger partial charge is 0.293 e. The number of nitrogens with zero attached hydrogens (tertiary/aromatic N) is 1. The van der Waals surface area contributed by atoms with Crippen molar-refractivity contribution < 1.29 is 28.5 Å². The Morgan fingerprint density at radius 3 is 2.46 bits per heavy atom. The van der Waals surface area contributed by atoms with Crippen LogP contribution >= 0.6 is 46.6 Å². The number of hydrogen-bond donors (Lipinski definition) is 0. The lowest BCUT2D eigenvalue weighted by molar-refractivity contribution is -0.123. The van der Waals surface area contributed by atoms with Gasteiger partial charge in [-0.15, -0.1) is 0 Å². The van der Waals surface area contributed by atoms with Crippen molar-refractivity contribution in [3.8, 4) is 23.0 Å². The van der Waals surface area contributed by atoms with Gasteiger partial charge in [0.2, 0.25) is 6.79 Å². The van der Waals surface area contributed by atoms with Gasteiger partial charge in [-0.2, -0.15) is 0 Å². The van der Waals surface area contributed by atoms with E-state index in [0.717, 1.165) is 22.2 Å². The molecule has 0 spiro atoms. The molecule has 1 fully saturated rings. The number of carbonyl (C=O) groups is 2. The van der Waals surface area contributed by atoms with E-state index in [1.54, 1.807) is 54.6 Å². The normalized spacial score (nSPS) is 15.6. The van der Waals surface area contributed by atoms with Crippen LogP contribution in [0.15, 0.2) is 53.4 Å². The first-order chi connectivity index (χ1) is 17.8. The molecule has 37 heavy (non-hydrogen) atoms. The summed E-state index contributed by atoms with van der Waals surface area (Å²) in [5.74, 6) is 1.59. The van der Waals surface area contributed by atoms with E-state index in [2.05, 4.69) is 0 Å². The maximum Gasteiger partial charge on any atom is 0.293 e. The second kappa shape index (κ2) is 10.8. The minimum absolute atomic E-state index is 0.0102. The largest absolute Gasteiger partial charge is 0.493 e. The number of carbonyl (C=O) groups excluding carboxylic acids is 2. The summed E-state index contributed by atoms with van der Waals surface area (Å²) in [7, 11) is 1.53. The fourth-order valence-corrected chi connectivity index (χ4v) is 5.24. The highest BCUT2D eigenvalue weighted by Crippen LogP contribution is 2.40. The molecule has 2 aliphatic heterocycles. The van der Waals surface area contributed by atoms with Crippen LogP contribution in [0.2, 0.25) is 15.1 Å². The number of rotatable bonds is 7. The second-order valence-electron chi connectivity index (χ2n) is 8.00. The van der Waals surface area contributed by atoms with Crippen molar-refractivity contribution in [3.63, 3.8) is 0 Å². The van der Waals surface area contributed by atoms with E-state index in [4.69, 9.17) is 53.8 Å². The molecule has 0 radical (unpaired) electrons. The van der Waals surface area contributed by atoms with Crippen LogP contribution in [-0.4, -0.2) is 29.9 Å². The molecular formula is C26H18Cl3NO6S. The fourth-order valence-electron chi connectivity index (χ4n) is 3.73. The van der Waals surface area contributed by atoms with E-state index in [1.807, 2.05) is 0 Å². The third kappa shape index (κ3) is 5.48. The van der Waals surface area contributed by atoms with E-state index in [9.17, 15) is 9.59 Å². The topological polar surface area (TPSA) is 74.3 Å². The molecule has 190 valence electrons. The highest BCUT2D eigenvalue weighted by molar-refractivity contribution is 8.18. The van der Waals surface area contributed by atoms with Crippen LogP contribution in [-0.2, 0) is 17.9 Å². The molecule has 5 rings (SSSR count). The standard InChI is InChI=1S/C26H18Cl3NO6S/c1-33-20-5-2-14(6-21(20)34-12-15-3-4-17(27)9-18(15)28)7-24-25(31)30(26(32)37-24)11-16-8-22-23(10-19(16)29)36-13-35-22/h2-10H,11-13H2,1H3/b24-7-. The average molecular weight is 579 g/mol. The molecule has 3 aromatic carbocycles. The predicted molar refractivity (Wildman–Crippen MR) is 143 cm³/mol. The zero-order valence-corrected chi connectivity index (χ0v) is 22.3. The number of thioether (sulfide) groups is 1. The van der Waals surface area contributed by atoms with Gasteiger partial charge in [-0.1, -0.05) is 46.9 Å². The van der Waals surface area contributed by atoms with Gasteiger partial charge in [0.05, 0.1) is 18.6 Å². The summed E-state index contributed by atoms with van der Waals surface area (Å²) in [6.07, 6.45) is 1.63. The van der Waals surface area contributed by atoms with Crippen molar-refractivity contribution in [1.29, 1.82) is 0 Å². The molecule has 0 bridgehead atoms. The number of halogens is 3. The SMILES string of the molecule is COc1ccc(/C=C2\SC(=O)N(Cc3cc4c(cc3Cl)OCO4)C2=O)cc1OCc1ccc(Cl)cc1Cl. The van der Waals surface area contributed by atoms with Gasteiger partial charge in [0, 0.05) is 26.7 Å². The Morgan fingerprint density at radius 2 is 1.70 bits per heavy atom. The van der Waals surface area contributed by atoms with Crippen molar-refractivity contribution >= 4 is 63.8 Å². The number of amides is 2. The van der Waals surface area contributed by atoms with Crippen LogP contribution in [0.5, 0.6) is 23.0 Å². The summed E-state index contributed by atoms with van der Waals surface area (Å²) in [6, 6.07) is 13.7. The maximum atomic E-state index is 13.1. The zero-order valence-electron chi connectivity index (χ0n) is 19.3. The van der Waals surface area contributed by atoms with E-state index >= 15 is 0 Å². The van der Waals surface area contributed by atoms with E-state index < -0.39 is 11.1 Å². The first kappa shape index (κ1) is 25.6. The van der Waals surface area contributed by atoms with E-state index in [1.165, 1.54) is 7.11 Å². The number of ether oxygens (including phenoxy) is 4. The van der Waals surface area contributed by atoms with Gasteiger partial charge in [-0.05, 0) is 59.3 Å². The minimum atomic E-state index is -0.421. The first-order valence-corrected chi connectivity index (χ1v) is 12.9. The Morgan fingerprint density at radius 1 is 0.946 bits per heavy atom. The van der Waals surface area contributed by atoms with E-state index in [-0.39, 0.29) is 24.8 Å². The van der Waals surface area contributed by atoms with Gasteiger partial charge in [0.15, 0.2) is 23.0 Å². The number of methoxy groups -OCH3 is 1. The molecular weight excluding hydrogens is 561 g/mol. The first-order valence-electron chi connectivity index (χ1n) is 10.9. The van der Waals surface area contributed by atoms with Crippen molar-refractivity contribution in [3.05, 3.63) is 85.2 Å². The van der Waals surface area contributed by atoms with Gasteiger partial charge < -0.3 is 18.9 Å². The summed E-state index contributed by atoms with van der Waals surface area (Å²) in [5, 5.41) is 0.999. The lowest BCUT2D eigenvalue weighted by Gasteiger charge is -2.14.